The van der Waals surface area contributed by atoms with Gasteiger partial charge in [0.2, 0.25) is 0 Å². The lowest BCUT2D eigenvalue weighted by Crippen LogP contribution is -1.98. The number of rotatable bonds is 2. The number of halogens is 1. The van der Waals surface area contributed by atoms with E-state index in [1.807, 2.05) is 32.2 Å². The molecule has 4 heteroatoms. The number of aromatic nitrogens is 3. The van der Waals surface area contributed by atoms with Crippen LogP contribution in [0.2, 0.25) is 5.02 Å². The van der Waals surface area contributed by atoms with Gasteiger partial charge in [-0.25, -0.2) is 4.98 Å². The van der Waals surface area contributed by atoms with Crippen molar-refractivity contribution in [1.29, 1.82) is 0 Å². The molecule has 1 aromatic carbocycles. The van der Waals surface area contributed by atoms with Gasteiger partial charge in [0.05, 0.1) is 21.8 Å². The number of pyridine rings is 1. The van der Waals surface area contributed by atoms with Crippen LogP contribution in [0.4, 0.5) is 0 Å². The van der Waals surface area contributed by atoms with Crippen LogP contribution in [0.15, 0.2) is 30.3 Å². The quantitative estimate of drug-likeness (QED) is 0.708. The van der Waals surface area contributed by atoms with Gasteiger partial charge in [0.25, 0.3) is 0 Å². The van der Waals surface area contributed by atoms with Gasteiger partial charge in [-0.15, -0.1) is 0 Å². The van der Waals surface area contributed by atoms with Gasteiger partial charge in [0.1, 0.15) is 0 Å². The summed E-state index contributed by atoms with van der Waals surface area (Å²) in [5, 5.41) is 6.13. The highest BCUT2D eigenvalue weighted by atomic mass is 35.5. The Balaban J connectivity index is 2.42. The number of benzene rings is 1. The Labute approximate surface area is 123 Å². The fourth-order valence-corrected chi connectivity index (χ4v) is 3.06. The van der Waals surface area contributed by atoms with Crippen LogP contribution in [0.3, 0.4) is 0 Å². The van der Waals surface area contributed by atoms with E-state index in [2.05, 4.69) is 24.2 Å². The van der Waals surface area contributed by atoms with E-state index in [9.17, 15) is 0 Å². The van der Waals surface area contributed by atoms with Gasteiger partial charge >= 0.3 is 0 Å². The predicted molar refractivity (Wildman–Crippen MR) is 83.1 cm³/mol. The van der Waals surface area contributed by atoms with Gasteiger partial charge in [-0.3, -0.25) is 4.68 Å². The fraction of sp³-hybridized carbons (Fsp3) is 0.250. The Morgan fingerprint density at radius 1 is 1.20 bits per heavy atom. The summed E-state index contributed by atoms with van der Waals surface area (Å²) in [6.07, 6.45) is 0.837. The molecule has 0 bridgehead atoms. The normalized spacial score (nSPS) is 11.2. The van der Waals surface area contributed by atoms with Gasteiger partial charge in [-0.1, -0.05) is 48.9 Å². The van der Waals surface area contributed by atoms with Crippen LogP contribution in [0.1, 0.15) is 18.3 Å². The number of fused-ring (bicyclic) bond motifs is 1. The molecule has 0 unspecified atom stereocenters. The van der Waals surface area contributed by atoms with Crippen molar-refractivity contribution in [2.45, 2.75) is 20.3 Å². The maximum Gasteiger partial charge on any atom is 0.159 e. The minimum Gasteiger partial charge on any atom is -0.250 e. The van der Waals surface area contributed by atoms with Gasteiger partial charge in [-0.2, -0.15) is 5.10 Å². The first-order chi connectivity index (χ1) is 9.63. The molecule has 0 aliphatic heterocycles. The monoisotopic (exact) mass is 285 g/mol. The third-order valence-electron chi connectivity index (χ3n) is 3.56. The standard InChI is InChI=1S/C16H16ClN3/c1-4-12-14(11-8-6-5-7-9-11)15(17)13-10(2)19-20(3)16(13)18-12/h5-9H,4H2,1-3H3. The van der Waals surface area contributed by atoms with Gasteiger partial charge < -0.3 is 0 Å². The van der Waals surface area contributed by atoms with E-state index < -0.39 is 0 Å². The number of hydrogen-bond acceptors (Lipinski definition) is 2. The molecule has 0 atom stereocenters. The molecule has 2 aromatic heterocycles. The summed E-state index contributed by atoms with van der Waals surface area (Å²) < 4.78 is 1.80. The third kappa shape index (κ3) is 1.90. The highest BCUT2D eigenvalue weighted by molar-refractivity contribution is 6.38. The Hall–Kier alpha value is -1.87. The average Bonchev–Trinajstić information content (AvgIpc) is 2.74. The van der Waals surface area contributed by atoms with Crippen molar-refractivity contribution >= 4 is 22.6 Å². The number of nitrogens with zero attached hydrogens (tertiary/aromatic N) is 3. The molecule has 0 radical (unpaired) electrons. The summed E-state index contributed by atoms with van der Waals surface area (Å²) in [7, 11) is 1.90. The summed E-state index contributed by atoms with van der Waals surface area (Å²) in [5.41, 5.74) is 4.91. The zero-order valence-electron chi connectivity index (χ0n) is 11.8. The lowest BCUT2D eigenvalue weighted by Gasteiger charge is -2.11. The topological polar surface area (TPSA) is 30.7 Å². The highest BCUT2D eigenvalue weighted by Crippen LogP contribution is 2.37. The smallest absolute Gasteiger partial charge is 0.159 e. The number of hydrogen-bond donors (Lipinski definition) is 0. The van der Waals surface area contributed by atoms with Crippen molar-refractivity contribution in [2.24, 2.45) is 7.05 Å². The van der Waals surface area contributed by atoms with E-state index >= 15 is 0 Å². The molecular formula is C16H16ClN3. The Morgan fingerprint density at radius 2 is 1.90 bits per heavy atom. The van der Waals surface area contributed by atoms with Gasteiger partial charge in [0, 0.05) is 12.6 Å². The predicted octanol–water partition coefficient (Wildman–Crippen LogP) is 4.16. The molecule has 0 saturated carbocycles. The molecule has 0 spiro atoms. The summed E-state index contributed by atoms with van der Waals surface area (Å²) in [4.78, 5) is 4.77. The SMILES string of the molecule is CCc1nc2c(c(C)nn2C)c(Cl)c1-c1ccccc1. The second kappa shape index (κ2) is 4.91. The largest absolute Gasteiger partial charge is 0.250 e. The average molecular weight is 286 g/mol. The van der Waals surface area contributed by atoms with Gasteiger partial charge in [0.15, 0.2) is 5.65 Å². The van der Waals surface area contributed by atoms with Crippen molar-refractivity contribution in [1.82, 2.24) is 14.8 Å². The molecule has 3 rings (SSSR count). The zero-order valence-corrected chi connectivity index (χ0v) is 12.6. The molecule has 102 valence electrons. The van der Waals surface area contributed by atoms with Gasteiger partial charge in [-0.05, 0) is 18.9 Å². The molecule has 0 amide bonds. The molecule has 0 aliphatic carbocycles. The second-order valence-electron chi connectivity index (χ2n) is 4.87. The maximum atomic E-state index is 6.69. The minimum absolute atomic E-state index is 0.753. The summed E-state index contributed by atoms with van der Waals surface area (Å²) in [5.74, 6) is 0. The van der Waals surface area contributed by atoms with Crippen LogP contribution in [-0.2, 0) is 13.5 Å². The lowest BCUT2D eigenvalue weighted by atomic mass is 10.0. The van der Waals surface area contributed by atoms with E-state index in [4.69, 9.17) is 16.6 Å². The van der Waals surface area contributed by atoms with Crippen molar-refractivity contribution in [2.75, 3.05) is 0 Å². The van der Waals surface area contributed by atoms with E-state index in [1.165, 1.54) is 0 Å². The Morgan fingerprint density at radius 3 is 2.55 bits per heavy atom. The van der Waals surface area contributed by atoms with Crippen LogP contribution < -0.4 is 0 Å². The van der Waals surface area contributed by atoms with Crippen molar-refractivity contribution in [3.8, 4) is 11.1 Å². The molecule has 3 aromatic rings. The van der Waals surface area contributed by atoms with Crippen LogP contribution in [0, 0.1) is 6.92 Å². The number of aryl methyl sites for hydroxylation is 3. The zero-order chi connectivity index (χ0) is 14.3. The maximum absolute atomic E-state index is 6.69. The second-order valence-corrected chi connectivity index (χ2v) is 5.25. The third-order valence-corrected chi connectivity index (χ3v) is 3.94. The van der Waals surface area contributed by atoms with E-state index in [1.54, 1.807) is 4.68 Å². The lowest BCUT2D eigenvalue weighted by molar-refractivity contribution is 0.771. The molecule has 3 nitrogen and oxygen atoms in total. The van der Waals surface area contributed by atoms with Crippen LogP contribution in [-0.4, -0.2) is 14.8 Å². The summed E-state index contributed by atoms with van der Waals surface area (Å²) >= 11 is 6.69. The molecule has 2 heterocycles. The van der Waals surface area contributed by atoms with E-state index in [0.29, 0.717) is 0 Å². The molecule has 0 fully saturated rings. The Kier molecular flexibility index (Phi) is 3.22. The van der Waals surface area contributed by atoms with Crippen molar-refractivity contribution < 1.29 is 0 Å². The van der Waals surface area contributed by atoms with Crippen LogP contribution in [0.5, 0.6) is 0 Å². The molecule has 0 N–H and O–H groups in total. The van der Waals surface area contributed by atoms with Crippen LogP contribution in [0.25, 0.3) is 22.2 Å². The molecule has 0 saturated heterocycles. The minimum atomic E-state index is 0.753. The molecule has 0 aliphatic rings. The molecule has 20 heavy (non-hydrogen) atoms. The first kappa shape index (κ1) is 13.1. The van der Waals surface area contributed by atoms with E-state index in [-0.39, 0.29) is 0 Å². The van der Waals surface area contributed by atoms with Crippen LogP contribution >= 0.6 is 11.6 Å². The molecular weight excluding hydrogens is 270 g/mol. The van der Waals surface area contributed by atoms with E-state index in [0.717, 1.165) is 45.0 Å². The summed E-state index contributed by atoms with van der Waals surface area (Å²) in [6.45, 7) is 4.07. The summed E-state index contributed by atoms with van der Waals surface area (Å²) in [6, 6.07) is 10.2. The first-order valence-corrected chi connectivity index (χ1v) is 7.08. The first-order valence-electron chi connectivity index (χ1n) is 6.70. The fourth-order valence-electron chi connectivity index (χ4n) is 2.62. The highest BCUT2D eigenvalue weighted by Gasteiger charge is 2.18. The van der Waals surface area contributed by atoms with Crippen molar-refractivity contribution in [3.05, 3.63) is 46.7 Å². The van der Waals surface area contributed by atoms with Crippen molar-refractivity contribution in [3.63, 3.8) is 0 Å². The Bertz CT molecular complexity index is 776.